The lowest BCUT2D eigenvalue weighted by Gasteiger charge is -2.34. The third-order valence-corrected chi connectivity index (χ3v) is 4.11. The van der Waals surface area contributed by atoms with Crippen LogP contribution in [0.4, 0.5) is 5.69 Å². The van der Waals surface area contributed by atoms with Gasteiger partial charge in [0.15, 0.2) is 0 Å². The fraction of sp³-hybridized carbons (Fsp3) is 0.500. The van der Waals surface area contributed by atoms with Crippen molar-refractivity contribution in [3.63, 3.8) is 0 Å². The zero-order valence-electron chi connectivity index (χ0n) is 13.3. The number of hydrogen-bond acceptors (Lipinski definition) is 4. The van der Waals surface area contributed by atoms with Gasteiger partial charge in [-0.25, -0.2) is 0 Å². The van der Waals surface area contributed by atoms with Crippen molar-refractivity contribution in [2.75, 3.05) is 39.6 Å². The number of carbonyl (C=O) groups excluding carboxylic acids is 2. The molecule has 6 heteroatoms. The molecule has 1 N–H and O–H groups in total. The van der Waals surface area contributed by atoms with Gasteiger partial charge >= 0.3 is 11.8 Å². The summed E-state index contributed by atoms with van der Waals surface area (Å²) in [5.74, 6) is -0.614. The van der Waals surface area contributed by atoms with E-state index in [2.05, 4.69) is 17.3 Å². The first-order chi connectivity index (χ1) is 10.5. The first kappa shape index (κ1) is 16.3. The van der Waals surface area contributed by atoms with Crippen LogP contribution in [0.5, 0.6) is 5.75 Å². The minimum absolute atomic E-state index is 0.118. The van der Waals surface area contributed by atoms with Gasteiger partial charge in [0.25, 0.3) is 0 Å². The number of benzene rings is 1. The number of rotatable bonds is 3. The van der Waals surface area contributed by atoms with Gasteiger partial charge in [0, 0.05) is 13.1 Å². The van der Waals surface area contributed by atoms with E-state index in [-0.39, 0.29) is 6.04 Å². The molecule has 0 atom stereocenters. The molecule has 0 unspecified atom stereocenters. The van der Waals surface area contributed by atoms with E-state index < -0.39 is 11.8 Å². The fourth-order valence-electron chi connectivity index (χ4n) is 2.63. The monoisotopic (exact) mass is 305 g/mol. The second kappa shape index (κ2) is 7.26. The number of likely N-dealkylation sites (N-methyl/N-ethyl adjacent to an activating group) is 1. The Labute approximate surface area is 131 Å². The molecule has 120 valence electrons. The van der Waals surface area contributed by atoms with E-state index in [4.69, 9.17) is 4.74 Å². The van der Waals surface area contributed by atoms with Crippen molar-refractivity contribution in [2.24, 2.45) is 0 Å². The van der Waals surface area contributed by atoms with E-state index in [0.29, 0.717) is 11.4 Å². The predicted octanol–water partition coefficient (Wildman–Crippen LogP) is 1.19. The molecule has 1 saturated heterocycles. The van der Waals surface area contributed by atoms with E-state index in [9.17, 15) is 9.59 Å². The molecule has 1 aromatic carbocycles. The average Bonchev–Trinajstić information content (AvgIpc) is 2.54. The molecule has 0 bridgehead atoms. The summed E-state index contributed by atoms with van der Waals surface area (Å²) in [5.41, 5.74) is 0.500. The summed E-state index contributed by atoms with van der Waals surface area (Å²) in [6.45, 7) is 1.88. The second-order valence-electron chi connectivity index (χ2n) is 5.60. The van der Waals surface area contributed by atoms with E-state index in [1.807, 2.05) is 0 Å². The molecular weight excluding hydrogens is 282 g/mol. The van der Waals surface area contributed by atoms with Crippen LogP contribution in [0.25, 0.3) is 0 Å². The normalized spacial score (nSPS) is 16.1. The van der Waals surface area contributed by atoms with Gasteiger partial charge in [-0.05, 0) is 45.1 Å². The fourth-order valence-corrected chi connectivity index (χ4v) is 2.63. The Morgan fingerprint density at radius 2 is 1.91 bits per heavy atom. The van der Waals surface area contributed by atoms with Crippen molar-refractivity contribution >= 4 is 17.5 Å². The molecular formula is C16H23N3O3. The summed E-state index contributed by atoms with van der Waals surface area (Å²) < 4.78 is 5.17. The minimum atomic E-state index is -0.633. The third kappa shape index (κ3) is 3.76. The van der Waals surface area contributed by atoms with Crippen LogP contribution in [0.2, 0.25) is 0 Å². The van der Waals surface area contributed by atoms with Gasteiger partial charge in [-0.3, -0.25) is 9.59 Å². The number of anilines is 1. The van der Waals surface area contributed by atoms with Gasteiger partial charge in [-0.2, -0.15) is 0 Å². The number of nitrogens with one attached hydrogen (secondary N) is 1. The van der Waals surface area contributed by atoms with Gasteiger partial charge < -0.3 is 19.9 Å². The lowest BCUT2D eigenvalue weighted by Crippen LogP contribution is -2.47. The molecule has 0 spiro atoms. The lowest BCUT2D eigenvalue weighted by atomic mass is 10.0. The van der Waals surface area contributed by atoms with Crippen molar-refractivity contribution in [3.8, 4) is 5.75 Å². The summed E-state index contributed by atoms with van der Waals surface area (Å²) in [6.07, 6.45) is 1.78. The molecule has 1 aromatic rings. The zero-order valence-corrected chi connectivity index (χ0v) is 13.3. The van der Waals surface area contributed by atoms with Gasteiger partial charge in [-0.15, -0.1) is 0 Å². The number of ether oxygens (including phenoxy) is 1. The van der Waals surface area contributed by atoms with Crippen LogP contribution in [-0.2, 0) is 9.59 Å². The summed E-state index contributed by atoms with van der Waals surface area (Å²) in [5, 5.41) is 2.62. The molecule has 1 heterocycles. The molecule has 1 aliphatic heterocycles. The molecule has 1 aliphatic rings. The van der Waals surface area contributed by atoms with E-state index >= 15 is 0 Å². The van der Waals surface area contributed by atoms with Crippen LogP contribution < -0.4 is 10.1 Å². The van der Waals surface area contributed by atoms with E-state index in [1.54, 1.807) is 36.2 Å². The van der Waals surface area contributed by atoms with Crippen LogP contribution in [0, 0.1) is 0 Å². The van der Waals surface area contributed by atoms with Crippen molar-refractivity contribution in [3.05, 3.63) is 24.3 Å². The largest absolute Gasteiger partial charge is 0.495 e. The Bertz CT molecular complexity index is 539. The number of amides is 2. The Kier molecular flexibility index (Phi) is 5.38. The van der Waals surface area contributed by atoms with Crippen LogP contribution in [-0.4, -0.2) is 62.0 Å². The summed E-state index contributed by atoms with van der Waals surface area (Å²) in [7, 11) is 5.28. The Morgan fingerprint density at radius 3 is 2.55 bits per heavy atom. The maximum absolute atomic E-state index is 12.3. The van der Waals surface area contributed by atoms with Crippen LogP contribution in [0.3, 0.4) is 0 Å². The van der Waals surface area contributed by atoms with E-state index in [1.165, 1.54) is 7.11 Å². The molecule has 6 nitrogen and oxygen atoms in total. The number of para-hydroxylation sites is 2. The van der Waals surface area contributed by atoms with Crippen molar-refractivity contribution < 1.29 is 14.3 Å². The first-order valence-corrected chi connectivity index (χ1v) is 7.42. The molecule has 2 amide bonds. The molecule has 0 aliphatic carbocycles. The van der Waals surface area contributed by atoms with Crippen molar-refractivity contribution in [1.82, 2.24) is 9.80 Å². The highest BCUT2D eigenvalue weighted by Crippen LogP contribution is 2.23. The number of carbonyl (C=O) groups is 2. The topological polar surface area (TPSA) is 61.9 Å². The number of piperidine rings is 1. The highest BCUT2D eigenvalue weighted by atomic mass is 16.5. The number of methoxy groups -OCH3 is 1. The van der Waals surface area contributed by atoms with Crippen LogP contribution >= 0.6 is 0 Å². The quantitative estimate of drug-likeness (QED) is 0.852. The average molecular weight is 305 g/mol. The van der Waals surface area contributed by atoms with Crippen LogP contribution in [0.1, 0.15) is 12.8 Å². The number of hydrogen-bond donors (Lipinski definition) is 1. The molecule has 0 saturated carbocycles. The Morgan fingerprint density at radius 1 is 1.27 bits per heavy atom. The standard InChI is InChI=1S/C16H23N3O3/c1-18-10-8-12(9-11-18)19(2)16(21)15(20)17-13-6-4-5-7-14(13)22-3/h4-7,12H,8-11H2,1-3H3,(H,17,20). The Hall–Kier alpha value is -2.08. The second-order valence-corrected chi connectivity index (χ2v) is 5.60. The summed E-state index contributed by atoms with van der Waals surface area (Å²) in [6, 6.07) is 7.15. The van der Waals surface area contributed by atoms with Gasteiger partial charge in [0.05, 0.1) is 12.8 Å². The first-order valence-electron chi connectivity index (χ1n) is 7.42. The highest BCUT2D eigenvalue weighted by Gasteiger charge is 2.28. The summed E-state index contributed by atoms with van der Waals surface area (Å²) in [4.78, 5) is 28.2. The SMILES string of the molecule is COc1ccccc1NC(=O)C(=O)N(C)C1CCN(C)CC1. The van der Waals surface area contributed by atoms with E-state index in [0.717, 1.165) is 25.9 Å². The molecule has 1 fully saturated rings. The molecule has 22 heavy (non-hydrogen) atoms. The van der Waals surface area contributed by atoms with Crippen LogP contribution in [0.15, 0.2) is 24.3 Å². The maximum atomic E-state index is 12.3. The Balaban J connectivity index is 1.98. The van der Waals surface area contributed by atoms with Gasteiger partial charge in [-0.1, -0.05) is 12.1 Å². The summed E-state index contributed by atoms with van der Waals surface area (Å²) >= 11 is 0. The lowest BCUT2D eigenvalue weighted by molar-refractivity contribution is -0.144. The number of nitrogens with zero attached hydrogens (tertiary/aromatic N) is 2. The van der Waals surface area contributed by atoms with Crippen molar-refractivity contribution in [2.45, 2.75) is 18.9 Å². The minimum Gasteiger partial charge on any atom is -0.495 e. The molecule has 0 aromatic heterocycles. The predicted molar refractivity (Wildman–Crippen MR) is 84.9 cm³/mol. The highest BCUT2D eigenvalue weighted by molar-refractivity contribution is 6.39. The smallest absolute Gasteiger partial charge is 0.314 e. The zero-order chi connectivity index (χ0) is 16.1. The van der Waals surface area contributed by atoms with Crippen molar-refractivity contribution in [1.29, 1.82) is 0 Å². The maximum Gasteiger partial charge on any atom is 0.314 e. The number of likely N-dealkylation sites (tertiary alicyclic amines) is 1. The third-order valence-electron chi connectivity index (χ3n) is 4.11. The molecule has 2 rings (SSSR count). The molecule has 0 radical (unpaired) electrons. The van der Waals surface area contributed by atoms with Gasteiger partial charge in [0.2, 0.25) is 0 Å². The van der Waals surface area contributed by atoms with Gasteiger partial charge in [0.1, 0.15) is 5.75 Å².